The van der Waals surface area contributed by atoms with Crippen molar-refractivity contribution in [3.05, 3.63) is 53.0 Å². The van der Waals surface area contributed by atoms with Crippen LogP contribution in [0.5, 0.6) is 17.4 Å². The van der Waals surface area contributed by atoms with Gasteiger partial charge in [0, 0.05) is 17.3 Å². The highest BCUT2D eigenvalue weighted by molar-refractivity contribution is 5.46. The summed E-state index contributed by atoms with van der Waals surface area (Å²) >= 11 is 0. The van der Waals surface area contributed by atoms with Gasteiger partial charge in [-0.25, -0.2) is 4.68 Å². The molecule has 1 aliphatic heterocycles. The van der Waals surface area contributed by atoms with Gasteiger partial charge in [-0.15, -0.1) is 13.9 Å². The highest BCUT2D eigenvalue weighted by Gasteiger charge is 2.43. The minimum absolute atomic E-state index is 0.0385. The Hall–Kier alpha value is -3.44. The first-order valence-corrected chi connectivity index (χ1v) is 10.2. The number of alkyl halides is 5. The SMILES string of the molecule is C[C@H](Oc1cc(-n2nc(C(F)(F)F)c3c2CCCC3)cnn1)c1ccc2c(c1)OC(F)(F)O2. The van der Waals surface area contributed by atoms with E-state index in [9.17, 15) is 22.0 Å². The molecule has 3 heterocycles. The van der Waals surface area contributed by atoms with Crippen LogP contribution in [0.2, 0.25) is 0 Å². The van der Waals surface area contributed by atoms with Crippen molar-refractivity contribution in [1.82, 2.24) is 20.0 Å². The number of hydrogen-bond donors (Lipinski definition) is 0. The molecule has 5 rings (SSSR count). The molecule has 174 valence electrons. The Morgan fingerprint density at radius 3 is 2.64 bits per heavy atom. The van der Waals surface area contributed by atoms with Crippen molar-refractivity contribution in [2.75, 3.05) is 0 Å². The van der Waals surface area contributed by atoms with Crippen molar-refractivity contribution in [3.63, 3.8) is 0 Å². The molecule has 2 aromatic heterocycles. The first-order chi connectivity index (χ1) is 15.6. The van der Waals surface area contributed by atoms with Gasteiger partial charge >= 0.3 is 12.5 Å². The van der Waals surface area contributed by atoms with Crippen LogP contribution in [-0.2, 0) is 19.0 Å². The Labute approximate surface area is 184 Å². The zero-order valence-electron chi connectivity index (χ0n) is 17.2. The second-order valence-corrected chi connectivity index (χ2v) is 7.78. The normalized spacial score (nSPS) is 17.5. The van der Waals surface area contributed by atoms with Crippen LogP contribution >= 0.6 is 0 Å². The van der Waals surface area contributed by atoms with E-state index in [1.807, 2.05) is 0 Å². The molecule has 2 aliphatic rings. The van der Waals surface area contributed by atoms with Crippen molar-refractivity contribution in [3.8, 4) is 23.1 Å². The third-order valence-corrected chi connectivity index (χ3v) is 5.50. The Kier molecular flexibility index (Phi) is 4.91. The maximum Gasteiger partial charge on any atom is 0.586 e. The topological polar surface area (TPSA) is 71.3 Å². The van der Waals surface area contributed by atoms with E-state index in [4.69, 9.17) is 4.74 Å². The molecular weight excluding hydrogens is 451 g/mol. The highest BCUT2D eigenvalue weighted by atomic mass is 19.4. The number of hydrogen-bond acceptors (Lipinski definition) is 6. The molecule has 1 atom stereocenters. The highest BCUT2D eigenvalue weighted by Crippen LogP contribution is 2.42. The van der Waals surface area contributed by atoms with E-state index in [1.54, 1.807) is 6.92 Å². The molecule has 0 N–H and O–H groups in total. The van der Waals surface area contributed by atoms with Crippen molar-refractivity contribution >= 4 is 0 Å². The second-order valence-electron chi connectivity index (χ2n) is 7.78. The van der Waals surface area contributed by atoms with Gasteiger partial charge in [0.2, 0.25) is 5.88 Å². The minimum atomic E-state index is -4.56. The van der Waals surface area contributed by atoms with Crippen LogP contribution in [0.3, 0.4) is 0 Å². The lowest BCUT2D eigenvalue weighted by atomic mass is 9.95. The molecule has 0 amide bonds. The first-order valence-electron chi connectivity index (χ1n) is 10.2. The van der Waals surface area contributed by atoms with Crippen molar-refractivity contribution in [1.29, 1.82) is 0 Å². The molecule has 0 saturated carbocycles. The fourth-order valence-electron chi connectivity index (χ4n) is 4.02. The van der Waals surface area contributed by atoms with Gasteiger partial charge in [-0.05, 0) is 50.3 Å². The number of fused-ring (bicyclic) bond motifs is 2. The second kappa shape index (κ2) is 7.56. The van der Waals surface area contributed by atoms with E-state index in [1.165, 1.54) is 35.1 Å². The molecule has 0 saturated heterocycles. The van der Waals surface area contributed by atoms with E-state index < -0.39 is 24.3 Å². The summed E-state index contributed by atoms with van der Waals surface area (Å²) in [5.41, 5.74) is 0.599. The molecule has 3 aromatic rings. The number of aromatic nitrogens is 4. The van der Waals surface area contributed by atoms with Gasteiger partial charge in [0.05, 0.1) is 11.9 Å². The molecular formula is C21H17F5N4O3. The smallest absolute Gasteiger partial charge is 0.469 e. The Morgan fingerprint density at radius 1 is 1.09 bits per heavy atom. The number of halogens is 5. The molecule has 0 unspecified atom stereocenters. The molecule has 0 bridgehead atoms. The van der Waals surface area contributed by atoms with E-state index in [0.717, 1.165) is 6.42 Å². The molecule has 33 heavy (non-hydrogen) atoms. The summed E-state index contributed by atoms with van der Waals surface area (Å²) in [6.45, 7) is 1.65. The van der Waals surface area contributed by atoms with Gasteiger partial charge < -0.3 is 14.2 Å². The maximum atomic E-state index is 13.5. The monoisotopic (exact) mass is 468 g/mol. The summed E-state index contributed by atoms with van der Waals surface area (Å²) in [6.07, 6.45) is -5.43. The summed E-state index contributed by atoms with van der Waals surface area (Å²) in [5.74, 6) is -0.186. The van der Waals surface area contributed by atoms with Gasteiger partial charge in [-0.2, -0.15) is 23.4 Å². The largest absolute Gasteiger partial charge is 0.586 e. The van der Waals surface area contributed by atoms with Crippen molar-refractivity contribution < 1.29 is 36.2 Å². The van der Waals surface area contributed by atoms with E-state index in [2.05, 4.69) is 24.8 Å². The summed E-state index contributed by atoms with van der Waals surface area (Å²) in [4.78, 5) is 0. The van der Waals surface area contributed by atoms with E-state index in [0.29, 0.717) is 30.5 Å². The Balaban J connectivity index is 1.42. The average Bonchev–Trinajstić information content (AvgIpc) is 3.29. The zero-order valence-corrected chi connectivity index (χ0v) is 17.2. The fourth-order valence-corrected chi connectivity index (χ4v) is 4.02. The van der Waals surface area contributed by atoms with Crippen molar-refractivity contribution in [2.24, 2.45) is 0 Å². The van der Waals surface area contributed by atoms with Gasteiger partial charge in [0.1, 0.15) is 6.10 Å². The van der Waals surface area contributed by atoms with Crippen LogP contribution in [0, 0.1) is 0 Å². The summed E-state index contributed by atoms with van der Waals surface area (Å²) in [7, 11) is 0. The maximum absolute atomic E-state index is 13.5. The third-order valence-electron chi connectivity index (χ3n) is 5.50. The molecule has 1 aliphatic carbocycles. The average molecular weight is 468 g/mol. The zero-order chi connectivity index (χ0) is 23.4. The van der Waals surface area contributed by atoms with Gasteiger partial charge in [-0.3, -0.25) is 0 Å². The standard InChI is InChI=1S/C21H17F5N4O3/c1-11(12-6-7-16-17(8-12)33-21(25,26)32-16)31-18-9-13(10-27-28-18)30-15-5-3-2-4-14(15)19(29-30)20(22,23)24/h6-11H,2-5H2,1H3/t11-/m0/s1. The number of rotatable bonds is 4. The summed E-state index contributed by atoms with van der Waals surface area (Å²) < 4.78 is 82.8. The lowest BCUT2D eigenvalue weighted by Crippen LogP contribution is -2.25. The molecule has 1 aromatic carbocycles. The predicted octanol–water partition coefficient (Wildman–Crippen LogP) is 5.02. The third kappa shape index (κ3) is 4.05. The van der Waals surface area contributed by atoms with Gasteiger partial charge in [0.25, 0.3) is 0 Å². The molecule has 12 heteroatoms. The van der Waals surface area contributed by atoms with Crippen molar-refractivity contribution in [2.45, 2.75) is 51.2 Å². The van der Waals surface area contributed by atoms with Crippen LogP contribution in [0.25, 0.3) is 5.69 Å². The predicted molar refractivity (Wildman–Crippen MR) is 102 cm³/mol. The lowest BCUT2D eigenvalue weighted by molar-refractivity contribution is -0.286. The molecule has 0 spiro atoms. The van der Waals surface area contributed by atoms with Crippen LogP contribution in [0.4, 0.5) is 22.0 Å². The molecule has 7 nitrogen and oxygen atoms in total. The van der Waals surface area contributed by atoms with Crippen LogP contribution < -0.4 is 14.2 Å². The number of benzene rings is 1. The summed E-state index contributed by atoms with van der Waals surface area (Å²) in [5, 5.41) is 11.6. The van der Waals surface area contributed by atoms with Gasteiger partial charge in [-0.1, -0.05) is 6.07 Å². The Bertz CT molecular complexity index is 1210. The van der Waals surface area contributed by atoms with Crippen LogP contribution in [-0.4, -0.2) is 26.3 Å². The molecule has 0 radical (unpaired) electrons. The van der Waals surface area contributed by atoms with E-state index >= 15 is 0 Å². The van der Waals surface area contributed by atoms with E-state index in [-0.39, 0.29) is 28.6 Å². The Morgan fingerprint density at radius 2 is 1.85 bits per heavy atom. The molecule has 0 fully saturated rings. The summed E-state index contributed by atoms with van der Waals surface area (Å²) in [6, 6.07) is 5.66. The van der Waals surface area contributed by atoms with Crippen LogP contribution in [0.15, 0.2) is 30.5 Å². The number of nitrogens with zero attached hydrogens (tertiary/aromatic N) is 4. The van der Waals surface area contributed by atoms with Crippen LogP contribution in [0.1, 0.15) is 48.4 Å². The quantitative estimate of drug-likeness (QED) is 0.501. The fraction of sp³-hybridized carbons (Fsp3) is 0.381. The minimum Gasteiger partial charge on any atom is -0.469 e. The van der Waals surface area contributed by atoms with Gasteiger partial charge in [0.15, 0.2) is 17.2 Å². The first kappa shape index (κ1) is 21.4. The number of ether oxygens (including phenoxy) is 3. The lowest BCUT2D eigenvalue weighted by Gasteiger charge is -2.16.